The van der Waals surface area contributed by atoms with Crippen LogP contribution in [0.2, 0.25) is 0 Å². The van der Waals surface area contributed by atoms with Gasteiger partial charge in [-0.15, -0.1) is 0 Å². The summed E-state index contributed by atoms with van der Waals surface area (Å²) in [5.41, 5.74) is -0.535. The van der Waals surface area contributed by atoms with Crippen LogP contribution in [0.25, 0.3) is 0 Å². The van der Waals surface area contributed by atoms with E-state index < -0.39 is 5.60 Å². The number of nitrogens with one attached hydrogen (secondary N) is 4. The van der Waals surface area contributed by atoms with Crippen LogP contribution in [0, 0.1) is 17.8 Å². The maximum Gasteiger partial charge on any atom is 0.325 e. The van der Waals surface area contributed by atoms with Crippen molar-refractivity contribution in [3.05, 3.63) is 0 Å². The van der Waals surface area contributed by atoms with Crippen LogP contribution < -0.4 is 21.3 Å². The first-order valence-electron chi connectivity index (χ1n) is 18.6. The molecule has 0 aromatic rings. The largest absolute Gasteiger partial charge is 0.459 e. The molecule has 11 heteroatoms. The van der Waals surface area contributed by atoms with Crippen LogP contribution in [-0.4, -0.2) is 136 Å². The highest BCUT2D eigenvalue weighted by Gasteiger charge is 2.34. The number of rotatable bonds is 15. The number of likely N-dealkylation sites (N-methyl/N-ethyl adjacent to an activating group) is 1. The Morgan fingerprint density at radius 1 is 0.826 bits per heavy atom. The fourth-order valence-corrected chi connectivity index (χ4v) is 7.71. The molecule has 4 aliphatic rings. The van der Waals surface area contributed by atoms with E-state index in [4.69, 9.17) is 9.47 Å². The van der Waals surface area contributed by atoms with Crippen molar-refractivity contribution < 1.29 is 19.1 Å². The molecule has 4 fully saturated rings. The maximum absolute atomic E-state index is 12.6. The zero-order valence-corrected chi connectivity index (χ0v) is 29.8. The first kappa shape index (κ1) is 37.5. The fraction of sp³-hybridized carbons (Fsp3) is 0.943. The Kier molecular flexibility index (Phi) is 15.5. The number of ether oxygens (including phenoxy) is 2. The van der Waals surface area contributed by atoms with Gasteiger partial charge in [-0.05, 0) is 97.1 Å². The number of carbonyl (C=O) groups excluding carboxylic acids is 2. The van der Waals surface area contributed by atoms with Crippen LogP contribution in [0.1, 0.15) is 86.0 Å². The predicted octanol–water partition coefficient (Wildman–Crippen LogP) is 2.22. The number of esters is 1. The Hall–Kier alpha value is -1.34. The van der Waals surface area contributed by atoms with Crippen molar-refractivity contribution in [2.45, 2.75) is 110 Å². The zero-order valence-electron chi connectivity index (χ0n) is 29.8. The molecule has 0 aromatic heterocycles. The predicted molar refractivity (Wildman–Crippen MR) is 183 cm³/mol. The minimum atomic E-state index is -0.535. The summed E-state index contributed by atoms with van der Waals surface area (Å²) in [6.45, 7) is 23.3. The standard InChI is InChI=1S/C35H67N7O4/c1-6-40(7-2)16-17-41-18-20-42(21-19-41)22-23-45-31-14-12-30(13-15-31)39-34-37-24-29(25-38-34)27-8-10-28(11-9-27)33(44)36-26-32(43)46-35(3,4)5/h27-31,34,37-39H,6-26H2,1-5H3,(H,36,44). The summed E-state index contributed by atoms with van der Waals surface area (Å²) in [6.07, 6.45) is 9.09. The molecule has 2 saturated heterocycles. The Labute approximate surface area is 279 Å². The molecule has 0 atom stereocenters. The van der Waals surface area contributed by atoms with Gasteiger partial charge in [0.2, 0.25) is 5.91 Å². The van der Waals surface area contributed by atoms with E-state index in [9.17, 15) is 9.59 Å². The molecule has 0 radical (unpaired) electrons. The average Bonchev–Trinajstić information content (AvgIpc) is 3.05. The lowest BCUT2D eigenvalue weighted by Crippen LogP contribution is -2.63. The van der Waals surface area contributed by atoms with E-state index in [-0.39, 0.29) is 30.6 Å². The molecule has 0 unspecified atom stereocenters. The van der Waals surface area contributed by atoms with Gasteiger partial charge in [-0.2, -0.15) is 0 Å². The molecule has 266 valence electrons. The molecule has 1 amide bonds. The minimum Gasteiger partial charge on any atom is -0.459 e. The Bertz CT molecular complexity index is 882. The molecule has 4 rings (SSSR count). The van der Waals surface area contributed by atoms with Crippen molar-refractivity contribution in [2.24, 2.45) is 17.8 Å². The van der Waals surface area contributed by atoms with Gasteiger partial charge < -0.3 is 19.7 Å². The minimum absolute atomic E-state index is 0.0000608. The number of piperazine rings is 1. The van der Waals surface area contributed by atoms with Gasteiger partial charge >= 0.3 is 5.97 Å². The van der Waals surface area contributed by atoms with E-state index in [1.54, 1.807) is 0 Å². The van der Waals surface area contributed by atoms with Gasteiger partial charge in [-0.1, -0.05) is 13.8 Å². The average molecular weight is 650 g/mol. The van der Waals surface area contributed by atoms with E-state index in [2.05, 4.69) is 49.8 Å². The second kappa shape index (κ2) is 19.0. The third-order valence-electron chi connectivity index (χ3n) is 10.7. The quantitative estimate of drug-likeness (QED) is 0.197. The molecule has 0 bridgehead atoms. The van der Waals surface area contributed by atoms with Gasteiger partial charge in [0.05, 0.1) is 12.7 Å². The van der Waals surface area contributed by atoms with Crippen LogP contribution >= 0.6 is 0 Å². The molecular formula is C35H67N7O4. The maximum atomic E-state index is 12.6. The van der Waals surface area contributed by atoms with Gasteiger partial charge in [0.25, 0.3) is 0 Å². The molecule has 0 aromatic carbocycles. The summed E-state index contributed by atoms with van der Waals surface area (Å²) >= 11 is 0. The molecule has 11 nitrogen and oxygen atoms in total. The zero-order chi connectivity index (χ0) is 32.9. The van der Waals surface area contributed by atoms with Crippen LogP contribution in [0.5, 0.6) is 0 Å². The van der Waals surface area contributed by atoms with Gasteiger partial charge in [-0.3, -0.25) is 35.3 Å². The van der Waals surface area contributed by atoms with E-state index in [1.807, 2.05) is 20.8 Å². The molecule has 2 heterocycles. The summed E-state index contributed by atoms with van der Waals surface area (Å²) < 4.78 is 11.6. The fourth-order valence-electron chi connectivity index (χ4n) is 7.71. The molecular weight excluding hydrogens is 582 g/mol. The van der Waals surface area contributed by atoms with Gasteiger partial charge in [0.1, 0.15) is 18.4 Å². The van der Waals surface area contributed by atoms with Crippen molar-refractivity contribution >= 4 is 11.9 Å². The first-order valence-corrected chi connectivity index (χ1v) is 18.6. The Balaban J connectivity index is 1.01. The van der Waals surface area contributed by atoms with Crippen molar-refractivity contribution in [1.29, 1.82) is 0 Å². The third kappa shape index (κ3) is 12.9. The van der Waals surface area contributed by atoms with Crippen LogP contribution in [0.3, 0.4) is 0 Å². The molecule has 2 aliphatic heterocycles. The molecule has 46 heavy (non-hydrogen) atoms. The second-order valence-corrected chi connectivity index (χ2v) is 15.1. The van der Waals surface area contributed by atoms with Crippen LogP contribution in [0.4, 0.5) is 0 Å². The molecule has 2 aliphatic carbocycles. The topological polar surface area (TPSA) is 110 Å². The highest BCUT2D eigenvalue weighted by Crippen LogP contribution is 2.34. The van der Waals surface area contributed by atoms with Crippen molar-refractivity contribution in [2.75, 3.05) is 85.1 Å². The van der Waals surface area contributed by atoms with Gasteiger partial charge in [0, 0.05) is 70.9 Å². The number of amides is 1. The third-order valence-corrected chi connectivity index (χ3v) is 10.7. The summed E-state index contributed by atoms with van der Waals surface area (Å²) in [7, 11) is 0. The number of hydrogen-bond acceptors (Lipinski definition) is 10. The molecule has 0 spiro atoms. The highest BCUT2D eigenvalue weighted by atomic mass is 16.6. The van der Waals surface area contributed by atoms with Crippen molar-refractivity contribution in [1.82, 2.24) is 36.0 Å². The summed E-state index contributed by atoms with van der Waals surface area (Å²) in [4.78, 5) is 32.3. The van der Waals surface area contributed by atoms with E-state index in [0.29, 0.717) is 24.0 Å². The van der Waals surface area contributed by atoms with Crippen molar-refractivity contribution in [3.8, 4) is 0 Å². The number of hydrogen-bond donors (Lipinski definition) is 4. The van der Waals surface area contributed by atoms with Crippen LogP contribution in [0.15, 0.2) is 0 Å². The van der Waals surface area contributed by atoms with E-state index in [0.717, 1.165) is 90.9 Å². The Morgan fingerprint density at radius 2 is 1.43 bits per heavy atom. The Morgan fingerprint density at radius 3 is 2.02 bits per heavy atom. The van der Waals surface area contributed by atoms with Gasteiger partial charge in [-0.25, -0.2) is 0 Å². The normalized spacial score (nSPS) is 30.3. The smallest absolute Gasteiger partial charge is 0.325 e. The molecule has 2 saturated carbocycles. The summed E-state index contributed by atoms with van der Waals surface area (Å²) in [5, 5.41) is 14.0. The summed E-state index contributed by atoms with van der Waals surface area (Å²) in [6, 6.07) is 0.528. The lowest BCUT2D eigenvalue weighted by Gasteiger charge is -2.40. The number of carbonyl (C=O) groups is 2. The lowest BCUT2D eigenvalue weighted by molar-refractivity contribution is -0.154. The molecule has 4 N–H and O–H groups in total. The highest BCUT2D eigenvalue weighted by molar-refractivity contribution is 5.83. The summed E-state index contributed by atoms with van der Waals surface area (Å²) in [5.74, 6) is 0.827. The van der Waals surface area contributed by atoms with Crippen molar-refractivity contribution in [3.63, 3.8) is 0 Å². The monoisotopic (exact) mass is 650 g/mol. The van der Waals surface area contributed by atoms with E-state index >= 15 is 0 Å². The van der Waals surface area contributed by atoms with Crippen LogP contribution in [-0.2, 0) is 19.1 Å². The second-order valence-electron chi connectivity index (χ2n) is 15.1. The lowest BCUT2D eigenvalue weighted by atomic mass is 9.75. The number of nitrogens with zero attached hydrogens (tertiary/aromatic N) is 3. The first-order chi connectivity index (χ1) is 22.1. The van der Waals surface area contributed by atoms with E-state index in [1.165, 1.54) is 39.0 Å². The van der Waals surface area contributed by atoms with Gasteiger partial charge in [0.15, 0.2) is 0 Å². The SMILES string of the molecule is CCN(CC)CCN1CCN(CCOC2CCC(NC3NCC(C4CCC(C(=O)NCC(=O)OC(C)(C)C)CC4)CN3)CC2)CC1.